The molecule has 3 heterocycles. The number of ether oxygens (including phenoxy) is 1. The first-order valence-corrected chi connectivity index (χ1v) is 7.48. The van der Waals surface area contributed by atoms with Gasteiger partial charge in [-0.05, 0) is 18.6 Å². The number of fused-ring (bicyclic) bond motifs is 1. The summed E-state index contributed by atoms with van der Waals surface area (Å²) in [4.78, 5) is 19.3. The number of hydrogen-bond acceptors (Lipinski definition) is 6. The summed E-state index contributed by atoms with van der Waals surface area (Å²) in [6.07, 6.45) is 0.864. The number of hydrogen-bond donors (Lipinski definition) is 0. The van der Waals surface area contributed by atoms with Gasteiger partial charge in [-0.15, -0.1) is 0 Å². The maximum absolute atomic E-state index is 11.4. The van der Waals surface area contributed by atoms with E-state index in [2.05, 4.69) is 4.98 Å². The largest absolute Gasteiger partial charge is 0.362 e. The summed E-state index contributed by atoms with van der Waals surface area (Å²) in [5, 5.41) is 11.8. The standard InChI is InChI=1S/C14H17ClN4O3/c1-9-3-5-11(15)16-13(9)18-8-7-17-12(22-2)6-4-10(14(17)18)19(20)21/h3,5,12H,4,6-8H2,1-2H3. The third-order valence-electron chi connectivity index (χ3n) is 4.11. The lowest BCUT2D eigenvalue weighted by Gasteiger charge is -2.33. The topological polar surface area (TPSA) is 71.7 Å². The minimum Gasteiger partial charge on any atom is -0.362 e. The van der Waals surface area contributed by atoms with Crippen molar-refractivity contribution in [2.75, 3.05) is 25.1 Å². The first kappa shape index (κ1) is 15.1. The highest BCUT2D eigenvalue weighted by atomic mass is 35.5. The third-order valence-corrected chi connectivity index (χ3v) is 4.32. The van der Waals surface area contributed by atoms with Gasteiger partial charge in [-0.25, -0.2) is 4.98 Å². The monoisotopic (exact) mass is 324 g/mol. The molecule has 0 saturated carbocycles. The Morgan fingerprint density at radius 2 is 2.23 bits per heavy atom. The van der Waals surface area contributed by atoms with Crippen LogP contribution in [0.3, 0.4) is 0 Å². The number of halogens is 1. The Hall–Kier alpha value is -1.86. The van der Waals surface area contributed by atoms with Gasteiger partial charge in [-0.2, -0.15) is 0 Å². The predicted molar refractivity (Wildman–Crippen MR) is 82.1 cm³/mol. The molecular weight excluding hydrogens is 308 g/mol. The third kappa shape index (κ3) is 2.40. The summed E-state index contributed by atoms with van der Waals surface area (Å²) in [6, 6.07) is 3.59. The average molecular weight is 325 g/mol. The van der Waals surface area contributed by atoms with Gasteiger partial charge >= 0.3 is 0 Å². The Labute approximate surface area is 133 Å². The molecular formula is C14H17ClN4O3. The van der Waals surface area contributed by atoms with E-state index in [0.717, 1.165) is 5.56 Å². The molecule has 0 radical (unpaired) electrons. The van der Waals surface area contributed by atoms with Crippen LogP contribution in [-0.4, -0.2) is 41.2 Å². The van der Waals surface area contributed by atoms with E-state index in [9.17, 15) is 10.1 Å². The van der Waals surface area contributed by atoms with Gasteiger partial charge in [0.05, 0.1) is 4.92 Å². The fourth-order valence-electron chi connectivity index (χ4n) is 3.10. The highest BCUT2D eigenvalue weighted by molar-refractivity contribution is 6.29. The summed E-state index contributed by atoms with van der Waals surface area (Å²) >= 11 is 6.00. The molecule has 1 aromatic rings. The van der Waals surface area contributed by atoms with Crippen LogP contribution in [0, 0.1) is 17.0 Å². The molecule has 8 heteroatoms. The SMILES string of the molecule is COC1CCC([N+](=O)[O-])=C2N(c3nc(Cl)ccc3C)CCN21. The van der Waals surface area contributed by atoms with Crippen molar-refractivity contribution in [3.63, 3.8) is 0 Å². The molecule has 0 N–H and O–H groups in total. The average Bonchev–Trinajstić information content (AvgIpc) is 2.93. The molecule has 0 spiro atoms. The molecule has 0 aliphatic carbocycles. The molecule has 7 nitrogen and oxygen atoms in total. The van der Waals surface area contributed by atoms with E-state index >= 15 is 0 Å². The molecule has 1 fully saturated rings. The lowest BCUT2D eigenvalue weighted by molar-refractivity contribution is -0.432. The van der Waals surface area contributed by atoms with E-state index < -0.39 is 0 Å². The number of anilines is 1. The van der Waals surface area contributed by atoms with Crippen molar-refractivity contribution in [1.29, 1.82) is 0 Å². The maximum atomic E-state index is 11.4. The van der Waals surface area contributed by atoms with Crippen molar-refractivity contribution in [3.8, 4) is 0 Å². The highest BCUT2D eigenvalue weighted by Crippen LogP contribution is 2.37. The Morgan fingerprint density at radius 1 is 1.45 bits per heavy atom. The Bertz CT molecular complexity index is 649. The summed E-state index contributed by atoms with van der Waals surface area (Å²) in [5.74, 6) is 1.25. The minimum atomic E-state index is -0.299. The highest BCUT2D eigenvalue weighted by Gasteiger charge is 2.42. The maximum Gasteiger partial charge on any atom is 0.286 e. The molecule has 0 amide bonds. The number of methoxy groups -OCH3 is 1. The van der Waals surface area contributed by atoms with E-state index in [1.165, 1.54) is 0 Å². The normalized spacial score (nSPS) is 21.3. The smallest absolute Gasteiger partial charge is 0.286 e. The second kappa shape index (κ2) is 5.73. The Morgan fingerprint density at radius 3 is 2.91 bits per heavy atom. The first-order valence-electron chi connectivity index (χ1n) is 7.10. The predicted octanol–water partition coefficient (Wildman–Crippen LogP) is 2.38. The van der Waals surface area contributed by atoms with Crippen LogP contribution in [0.4, 0.5) is 5.82 Å². The zero-order valence-corrected chi connectivity index (χ0v) is 13.2. The Kier molecular flexibility index (Phi) is 3.92. The van der Waals surface area contributed by atoms with Crippen LogP contribution in [0.25, 0.3) is 0 Å². The molecule has 3 rings (SSSR count). The van der Waals surface area contributed by atoms with Gasteiger partial charge in [-0.1, -0.05) is 17.7 Å². The van der Waals surface area contributed by atoms with Crippen molar-refractivity contribution >= 4 is 17.4 Å². The minimum absolute atomic E-state index is 0.136. The van der Waals surface area contributed by atoms with Crippen LogP contribution in [0.1, 0.15) is 18.4 Å². The number of nitro groups is 1. The zero-order chi connectivity index (χ0) is 15.9. The molecule has 1 unspecified atom stereocenters. The molecule has 118 valence electrons. The fraction of sp³-hybridized carbons (Fsp3) is 0.500. The van der Waals surface area contributed by atoms with E-state index in [4.69, 9.17) is 16.3 Å². The molecule has 1 aromatic heterocycles. The molecule has 2 aliphatic heterocycles. The van der Waals surface area contributed by atoms with Gasteiger partial charge < -0.3 is 14.5 Å². The second-order valence-corrected chi connectivity index (χ2v) is 5.76. The van der Waals surface area contributed by atoms with Crippen LogP contribution in [0.15, 0.2) is 23.7 Å². The lowest BCUT2D eigenvalue weighted by atomic mass is 10.1. The second-order valence-electron chi connectivity index (χ2n) is 5.38. The number of aryl methyl sites for hydroxylation is 1. The Balaban J connectivity index is 2.09. The number of nitrogens with zero attached hydrogens (tertiary/aromatic N) is 4. The van der Waals surface area contributed by atoms with Gasteiger partial charge in [0, 0.05) is 33.0 Å². The number of rotatable bonds is 3. The molecule has 2 aliphatic rings. The number of aromatic nitrogens is 1. The van der Waals surface area contributed by atoms with Gasteiger partial charge in [0.15, 0.2) is 5.82 Å². The quantitative estimate of drug-likeness (QED) is 0.483. The van der Waals surface area contributed by atoms with Gasteiger partial charge in [0.2, 0.25) is 0 Å². The lowest BCUT2D eigenvalue weighted by Crippen LogP contribution is -2.40. The number of pyridine rings is 1. The fourth-order valence-corrected chi connectivity index (χ4v) is 3.24. The van der Waals surface area contributed by atoms with Gasteiger partial charge in [-0.3, -0.25) is 10.1 Å². The molecule has 1 atom stereocenters. The summed E-state index contributed by atoms with van der Waals surface area (Å²) < 4.78 is 5.47. The summed E-state index contributed by atoms with van der Waals surface area (Å²) in [7, 11) is 1.63. The van der Waals surface area contributed by atoms with E-state index in [-0.39, 0.29) is 16.8 Å². The van der Waals surface area contributed by atoms with Crippen LogP contribution in [0.2, 0.25) is 5.15 Å². The molecule has 22 heavy (non-hydrogen) atoms. The van der Waals surface area contributed by atoms with Crippen LogP contribution in [-0.2, 0) is 4.74 Å². The molecule has 0 aromatic carbocycles. The number of allylic oxidation sites excluding steroid dienone is 1. The first-order chi connectivity index (χ1) is 10.5. The van der Waals surface area contributed by atoms with Crippen molar-refractivity contribution in [2.45, 2.75) is 26.0 Å². The van der Waals surface area contributed by atoms with Crippen LogP contribution in [0.5, 0.6) is 0 Å². The van der Waals surface area contributed by atoms with E-state index in [1.807, 2.05) is 22.8 Å². The molecule has 1 saturated heterocycles. The summed E-state index contributed by atoms with van der Waals surface area (Å²) in [5.41, 5.74) is 1.15. The van der Waals surface area contributed by atoms with Crippen molar-refractivity contribution in [1.82, 2.24) is 9.88 Å². The van der Waals surface area contributed by atoms with Crippen LogP contribution < -0.4 is 4.90 Å². The van der Waals surface area contributed by atoms with Crippen LogP contribution >= 0.6 is 11.6 Å². The van der Waals surface area contributed by atoms with E-state index in [1.54, 1.807) is 13.2 Å². The van der Waals surface area contributed by atoms with Crippen molar-refractivity contribution in [2.24, 2.45) is 0 Å². The van der Waals surface area contributed by atoms with Crippen molar-refractivity contribution < 1.29 is 9.66 Å². The summed E-state index contributed by atoms with van der Waals surface area (Å²) in [6.45, 7) is 3.21. The molecule has 0 bridgehead atoms. The van der Waals surface area contributed by atoms with Gasteiger partial charge in [0.1, 0.15) is 17.2 Å². The van der Waals surface area contributed by atoms with Crippen molar-refractivity contribution in [3.05, 3.63) is 44.5 Å². The zero-order valence-electron chi connectivity index (χ0n) is 12.5. The van der Waals surface area contributed by atoms with Gasteiger partial charge in [0.25, 0.3) is 5.70 Å². The van der Waals surface area contributed by atoms with E-state index in [0.29, 0.717) is 42.7 Å².